The maximum atomic E-state index is 11.5. The molecule has 0 aromatic rings. The van der Waals surface area contributed by atoms with Gasteiger partial charge in [0.2, 0.25) is 0 Å². The Hall–Kier alpha value is -1.34. The molecule has 16 heavy (non-hydrogen) atoms. The number of amides is 2. The Morgan fingerprint density at radius 3 is 2.19 bits per heavy atom. The molecule has 0 bridgehead atoms. The third-order valence-electron chi connectivity index (χ3n) is 2.27. The van der Waals surface area contributed by atoms with Gasteiger partial charge in [-0.05, 0) is 13.8 Å². The Kier molecular flexibility index (Phi) is 5.76. The van der Waals surface area contributed by atoms with Crippen LogP contribution in [-0.4, -0.2) is 64.1 Å². The number of hydrogen-bond acceptors (Lipinski definition) is 4. The minimum Gasteiger partial charge on any atom is -0.480 e. The van der Waals surface area contributed by atoms with Crippen LogP contribution in [0.25, 0.3) is 0 Å². The van der Waals surface area contributed by atoms with Crippen molar-refractivity contribution in [3.05, 3.63) is 0 Å². The number of aliphatic hydroxyl groups is 2. The molecule has 0 rings (SSSR count). The van der Waals surface area contributed by atoms with Crippen molar-refractivity contribution in [1.82, 2.24) is 10.2 Å². The summed E-state index contributed by atoms with van der Waals surface area (Å²) in [5, 5.41) is 28.8. The lowest BCUT2D eigenvalue weighted by atomic mass is 10.2. The van der Waals surface area contributed by atoms with Crippen LogP contribution in [0, 0.1) is 0 Å². The molecule has 0 radical (unpaired) electrons. The quantitative estimate of drug-likeness (QED) is 0.480. The monoisotopic (exact) mass is 234 g/mol. The second kappa shape index (κ2) is 6.29. The van der Waals surface area contributed by atoms with E-state index in [0.717, 1.165) is 4.90 Å². The SMILES string of the molecule is CC(CO)N(C)C(=O)N[C@H](C(=O)O)[C@@H](C)O. The van der Waals surface area contributed by atoms with E-state index in [2.05, 4.69) is 5.32 Å². The van der Waals surface area contributed by atoms with Gasteiger partial charge >= 0.3 is 12.0 Å². The summed E-state index contributed by atoms with van der Waals surface area (Å²) in [7, 11) is 1.43. The second-order valence-electron chi connectivity index (χ2n) is 3.65. The zero-order chi connectivity index (χ0) is 12.9. The largest absolute Gasteiger partial charge is 0.480 e. The standard InChI is InChI=1S/C9H18N2O5/c1-5(4-12)11(3)9(16)10-7(6(2)13)8(14)15/h5-7,12-13H,4H2,1-3H3,(H,10,16)(H,14,15)/t5?,6-,7+/m1/s1. The summed E-state index contributed by atoms with van der Waals surface area (Å²) in [5.74, 6) is -1.31. The summed E-state index contributed by atoms with van der Waals surface area (Å²) in [6.07, 6.45) is -1.20. The summed E-state index contributed by atoms with van der Waals surface area (Å²) in [4.78, 5) is 23.4. The lowest BCUT2D eigenvalue weighted by Gasteiger charge is -2.26. The van der Waals surface area contributed by atoms with Crippen LogP contribution >= 0.6 is 0 Å². The molecule has 0 aliphatic carbocycles. The van der Waals surface area contributed by atoms with Crippen LogP contribution in [0.2, 0.25) is 0 Å². The van der Waals surface area contributed by atoms with Crippen LogP contribution in [0.3, 0.4) is 0 Å². The molecular formula is C9H18N2O5. The van der Waals surface area contributed by atoms with Gasteiger partial charge in [0.05, 0.1) is 18.8 Å². The van der Waals surface area contributed by atoms with Gasteiger partial charge in [0.25, 0.3) is 0 Å². The van der Waals surface area contributed by atoms with E-state index in [-0.39, 0.29) is 6.61 Å². The number of hydrogen-bond donors (Lipinski definition) is 4. The smallest absolute Gasteiger partial charge is 0.328 e. The van der Waals surface area contributed by atoms with Gasteiger partial charge in [-0.1, -0.05) is 0 Å². The molecule has 0 saturated carbocycles. The van der Waals surface area contributed by atoms with Gasteiger partial charge < -0.3 is 25.5 Å². The van der Waals surface area contributed by atoms with Gasteiger partial charge in [0.15, 0.2) is 6.04 Å². The number of likely N-dealkylation sites (N-methyl/N-ethyl adjacent to an activating group) is 1. The van der Waals surface area contributed by atoms with E-state index < -0.39 is 30.2 Å². The molecule has 0 aliphatic heterocycles. The van der Waals surface area contributed by atoms with E-state index in [4.69, 9.17) is 15.3 Å². The zero-order valence-corrected chi connectivity index (χ0v) is 9.54. The maximum absolute atomic E-state index is 11.5. The van der Waals surface area contributed by atoms with Gasteiger partial charge in [-0.25, -0.2) is 9.59 Å². The molecule has 0 saturated heterocycles. The lowest BCUT2D eigenvalue weighted by molar-refractivity contribution is -0.141. The number of urea groups is 1. The van der Waals surface area contributed by atoms with Crippen LogP contribution in [0.4, 0.5) is 4.79 Å². The number of nitrogens with one attached hydrogen (secondary N) is 1. The highest BCUT2D eigenvalue weighted by Gasteiger charge is 2.27. The van der Waals surface area contributed by atoms with Gasteiger partial charge in [0.1, 0.15) is 0 Å². The number of carbonyl (C=O) groups is 2. The molecular weight excluding hydrogens is 216 g/mol. The van der Waals surface area contributed by atoms with Crippen molar-refractivity contribution in [3.8, 4) is 0 Å². The number of rotatable bonds is 5. The Balaban J connectivity index is 4.46. The number of carbonyl (C=O) groups excluding carboxylic acids is 1. The van der Waals surface area contributed by atoms with Crippen LogP contribution in [0.5, 0.6) is 0 Å². The highest BCUT2D eigenvalue weighted by atomic mass is 16.4. The van der Waals surface area contributed by atoms with E-state index in [1.54, 1.807) is 6.92 Å². The summed E-state index contributed by atoms with van der Waals surface area (Å²) in [6, 6.07) is -2.45. The normalized spacial score (nSPS) is 16.1. The lowest BCUT2D eigenvalue weighted by Crippen LogP contribution is -2.53. The molecule has 7 nitrogen and oxygen atoms in total. The third kappa shape index (κ3) is 4.03. The minimum atomic E-state index is -1.36. The molecule has 0 aromatic heterocycles. The van der Waals surface area contributed by atoms with E-state index in [1.165, 1.54) is 14.0 Å². The Morgan fingerprint density at radius 2 is 1.88 bits per heavy atom. The average molecular weight is 234 g/mol. The van der Waals surface area contributed by atoms with Gasteiger partial charge in [0, 0.05) is 7.05 Å². The molecule has 4 N–H and O–H groups in total. The summed E-state index contributed by atoms with van der Waals surface area (Å²) >= 11 is 0. The second-order valence-corrected chi connectivity index (χ2v) is 3.65. The summed E-state index contributed by atoms with van der Waals surface area (Å²) < 4.78 is 0. The molecule has 7 heteroatoms. The minimum absolute atomic E-state index is 0.226. The Bertz CT molecular complexity index is 256. The van der Waals surface area contributed by atoms with Crippen molar-refractivity contribution >= 4 is 12.0 Å². The number of carboxylic acids is 1. The van der Waals surface area contributed by atoms with Crippen molar-refractivity contribution < 1.29 is 24.9 Å². The first-order valence-electron chi connectivity index (χ1n) is 4.86. The zero-order valence-electron chi connectivity index (χ0n) is 9.54. The highest BCUT2D eigenvalue weighted by molar-refractivity contribution is 5.83. The molecule has 0 spiro atoms. The first-order chi connectivity index (χ1) is 7.31. The molecule has 2 amide bonds. The van der Waals surface area contributed by atoms with E-state index in [9.17, 15) is 9.59 Å². The molecule has 0 heterocycles. The van der Waals surface area contributed by atoms with Gasteiger partial charge in [-0.3, -0.25) is 0 Å². The topological polar surface area (TPSA) is 110 Å². The number of aliphatic hydroxyl groups excluding tert-OH is 2. The Labute approximate surface area is 93.7 Å². The van der Waals surface area contributed by atoms with E-state index in [0.29, 0.717) is 0 Å². The van der Waals surface area contributed by atoms with Crippen LogP contribution in [0.15, 0.2) is 0 Å². The van der Waals surface area contributed by atoms with Crippen LogP contribution in [0.1, 0.15) is 13.8 Å². The molecule has 0 fully saturated rings. The number of nitrogens with zero attached hydrogens (tertiary/aromatic N) is 1. The van der Waals surface area contributed by atoms with Gasteiger partial charge in [-0.15, -0.1) is 0 Å². The van der Waals surface area contributed by atoms with Crippen LogP contribution in [-0.2, 0) is 4.79 Å². The Morgan fingerprint density at radius 1 is 1.38 bits per heavy atom. The molecule has 1 unspecified atom stereocenters. The summed E-state index contributed by atoms with van der Waals surface area (Å²) in [5.41, 5.74) is 0. The predicted octanol–water partition coefficient (Wildman–Crippen LogP) is -1.16. The molecule has 94 valence electrons. The predicted molar refractivity (Wildman–Crippen MR) is 55.9 cm³/mol. The average Bonchev–Trinajstić information content (AvgIpc) is 2.22. The van der Waals surface area contributed by atoms with Crippen molar-refractivity contribution in [1.29, 1.82) is 0 Å². The van der Waals surface area contributed by atoms with Crippen molar-refractivity contribution in [3.63, 3.8) is 0 Å². The molecule has 0 aliphatic rings. The van der Waals surface area contributed by atoms with Crippen molar-refractivity contribution in [2.75, 3.05) is 13.7 Å². The van der Waals surface area contributed by atoms with E-state index in [1.807, 2.05) is 0 Å². The molecule has 0 aromatic carbocycles. The molecule has 3 atom stereocenters. The number of carboxylic acid groups (broad SMARTS) is 1. The first-order valence-corrected chi connectivity index (χ1v) is 4.86. The van der Waals surface area contributed by atoms with Crippen molar-refractivity contribution in [2.24, 2.45) is 0 Å². The summed E-state index contributed by atoms with van der Waals surface area (Å²) in [6.45, 7) is 2.66. The highest BCUT2D eigenvalue weighted by Crippen LogP contribution is 1.98. The van der Waals surface area contributed by atoms with E-state index >= 15 is 0 Å². The fourth-order valence-electron chi connectivity index (χ4n) is 0.946. The third-order valence-corrected chi connectivity index (χ3v) is 2.27. The van der Waals surface area contributed by atoms with Crippen molar-refractivity contribution in [2.45, 2.75) is 32.0 Å². The fourth-order valence-corrected chi connectivity index (χ4v) is 0.946. The van der Waals surface area contributed by atoms with Crippen LogP contribution < -0.4 is 5.32 Å². The first kappa shape index (κ1) is 14.7. The number of aliphatic carboxylic acids is 1. The fraction of sp³-hybridized carbons (Fsp3) is 0.778. The van der Waals surface area contributed by atoms with Gasteiger partial charge in [-0.2, -0.15) is 0 Å². The maximum Gasteiger partial charge on any atom is 0.328 e.